The lowest BCUT2D eigenvalue weighted by molar-refractivity contribution is 0.430. The molecule has 3 aromatic rings. The number of benzene rings is 2. The predicted octanol–water partition coefficient (Wildman–Crippen LogP) is 2.92. The molecule has 0 bridgehead atoms. The molecule has 2 N–H and O–H groups in total. The SMILES string of the molecule is COBNCc1ccc(Nc2ncc3cc([Si](C)(C)C)ccc3n2)cc1. The van der Waals surface area contributed by atoms with Crippen molar-refractivity contribution in [1.29, 1.82) is 0 Å². The van der Waals surface area contributed by atoms with Crippen LogP contribution in [0.25, 0.3) is 10.9 Å². The number of fused-ring (bicyclic) bond motifs is 1. The van der Waals surface area contributed by atoms with Gasteiger partial charge in [-0.05, 0) is 23.8 Å². The number of hydrogen-bond donors (Lipinski definition) is 2. The summed E-state index contributed by atoms with van der Waals surface area (Å²) in [6, 6.07) is 14.7. The molecule has 0 amide bonds. The van der Waals surface area contributed by atoms with Gasteiger partial charge in [-0.25, -0.2) is 9.97 Å². The predicted molar refractivity (Wildman–Crippen MR) is 113 cm³/mol. The third-order valence-electron chi connectivity index (χ3n) is 4.23. The van der Waals surface area contributed by atoms with Gasteiger partial charge in [0, 0.05) is 30.9 Å². The lowest BCUT2D eigenvalue weighted by Crippen LogP contribution is -2.37. The number of nitrogens with one attached hydrogen (secondary N) is 2. The summed E-state index contributed by atoms with van der Waals surface area (Å²) < 4.78 is 4.99. The van der Waals surface area contributed by atoms with Gasteiger partial charge in [-0.1, -0.05) is 49.1 Å². The fourth-order valence-electron chi connectivity index (χ4n) is 2.69. The van der Waals surface area contributed by atoms with E-state index in [2.05, 4.69) is 70.5 Å². The Morgan fingerprint density at radius 1 is 1.08 bits per heavy atom. The fourth-order valence-corrected chi connectivity index (χ4v) is 3.86. The molecule has 5 nitrogen and oxygen atoms in total. The summed E-state index contributed by atoms with van der Waals surface area (Å²) in [4.78, 5) is 9.11. The second kappa shape index (κ2) is 7.99. The van der Waals surface area contributed by atoms with Crippen LogP contribution in [0, 0.1) is 0 Å². The van der Waals surface area contributed by atoms with Gasteiger partial charge in [-0.15, -0.1) is 0 Å². The van der Waals surface area contributed by atoms with E-state index in [1.807, 2.05) is 18.3 Å². The molecule has 0 saturated carbocycles. The molecule has 3 rings (SSSR count). The molecule has 1 aromatic heterocycles. The monoisotopic (exact) mass is 364 g/mol. The Hall–Kier alpha value is -2.22. The Bertz CT molecular complexity index is 881. The molecule has 0 fully saturated rings. The van der Waals surface area contributed by atoms with Crippen molar-refractivity contribution >= 4 is 43.4 Å². The summed E-state index contributed by atoms with van der Waals surface area (Å²) in [7, 11) is 0.895. The molecule has 0 aliphatic rings. The highest BCUT2D eigenvalue weighted by Gasteiger charge is 2.16. The zero-order valence-corrected chi connectivity index (χ0v) is 16.8. The van der Waals surface area contributed by atoms with E-state index in [-0.39, 0.29) is 0 Å². The first-order valence-corrected chi connectivity index (χ1v) is 12.3. The number of hydrogen-bond acceptors (Lipinski definition) is 5. The summed E-state index contributed by atoms with van der Waals surface area (Å²) in [5, 5.41) is 8.98. The molecule has 0 aliphatic carbocycles. The summed E-state index contributed by atoms with van der Waals surface area (Å²) in [5.74, 6) is 0.614. The summed E-state index contributed by atoms with van der Waals surface area (Å²) in [5.41, 5.74) is 3.13. The van der Waals surface area contributed by atoms with Crippen LogP contribution in [0.4, 0.5) is 11.6 Å². The quantitative estimate of drug-likeness (QED) is 0.499. The Kier molecular flexibility index (Phi) is 5.71. The molecule has 0 aliphatic heterocycles. The van der Waals surface area contributed by atoms with Gasteiger partial charge in [0.25, 0.3) is 0 Å². The van der Waals surface area contributed by atoms with E-state index < -0.39 is 8.07 Å². The zero-order valence-electron chi connectivity index (χ0n) is 15.8. The Labute approximate surface area is 156 Å². The first-order chi connectivity index (χ1) is 12.5. The van der Waals surface area contributed by atoms with E-state index in [1.54, 1.807) is 7.11 Å². The van der Waals surface area contributed by atoms with E-state index in [0.29, 0.717) is 13.6 Å². The maximum Gasteiger partial charge on any atom is 0.360 e. The number of nitrogens with zero attached hydrogens (tertiary/aromatic N) is 2. The molecule has 0 radical (unpaired) electrons. The second-order valence-electron chi connectivity index (χ2n) is 7.40. The molecule has 2 aromatic carbocycles. The largest absolute Gasteiger partial charge is 0.427 e. The minimum atomic E-state index is -1.33. The molecule has 26 heavy (non-hydrogen) atoms. The van der Waals surface area contributed by atoms with Crippen LogP contribution in [-0.4, -0.2) is 32.8 Å². The van der Waals surface area contributed by atoms with Crippen LogP contribution in [0.5, 0.6) is 0 Å². The second-order valence-corrected chi connectivity index (χ2v) is 12.5. The molecule has 1 heterocycles. The van der Waals surface area contributed by atoms with Crippen LogP contribution < -0.4 is 15.7 Å². The Balaban J connectivity index is 1.72. The molecular weight excluding hydrogens is 339 g/mol. The highest BCUT2D eigenvalue weighted by atomic mass is 28.3. The molecule has 0 atom stereocenters. The van der Waals surface area contributed by atoms with Crippen LogP contribution in [0.3, 0.4) is 0 Å². The van der Waals surface area contributed by atoms with Crippen LogP contribution >= 0.6 is 0 Å². The standard InChI is InChI=1S/C19H25BN4OSi/c1-25-20-22-12-14-5-7-16(8-6-14)23-19-21-13-15-11-17(26(2,3)4)9-10-18(15)24-19/h5-11,13,20,22H,12H2,1-4H3,(H,21,23,24). The van der Waals surface area contributed by atoms with Gasteiger partial charge in [-0.2, -0.15) is 0 Å². The molecule has 0 saturated heterocycles. The zero-order chi connectivity index (χ0) is 18.6. The molecular formula is C19H25BN4OSi. The van der Waals surface area contributed by atoms with Crippen molar-refractivity contribution in [2.75, 3.05) is 12.4 Å². The van der Waals surface area contributed by atoms with Gasteiger partial charge in [0.1, 0.15) is 0 Å². The summed E-state index contributed by atoms with van der Waals surface area (Å²) in [6.07, 6.45) is 1.90. The average Bonchev–Trinajstić information content (AvgIpc) is 2.62. The van der Waals surface area contributed by atoms with Crippen LogP contribution in [0.1, 0.15) is 5.56 Å². The lowest BCUT2D eigenvalue weighted by atomic mass is 10.1. The smallest absolute Gasteiger partial charge is 0.360 e. The molecule has 134 valence electrons. The van der Waals surface area contributed by atoms with Gasteiger partial charge in [0.15, 0.2) is 0 Å². The summed E-state index contributed by atoms with van der Waals surface area (Å²) in [6.45, 7) is 7.82. The Morgan fingerprint density at radius 2 is 1.85 bits per heavy atom. The van der Waals surface area contributed by atoms with Crippen LogP contribution in [0.15, 0.2) is 48.7 Å². The van der Waals surface area contributed by atoms with Crippen molar-refractivity contribution in [1.82, 2.24) is 15.2 Å². The van der Waals surface area contributed by atoms with Crippen molar-refractivity contribution in [3.63, 3.8) is 0 Å². The van der Waals surface area contributed by atoms with Crippen molar-refractivity contribution in [3.8, 4) is 0 Å². The first-order valence-electron chi connectivity index (χ1n) is 8.78. The van der Waals surface area contributed by atoms with Gasteiger partial charge >= 0.3 is 7.62 Å². The number of aromatic nitrogens is 2. The van der Waals surface area contributed by atoms with Crippen molar-refractivity contribution < 1.29 is 4.65 Å². The topological polar surface area (TPSA) is 59.1 Å². The third kappa shape index (κ3) is 4.69. The summed E-state index contributed by atoms with van der Waals surface area (Å²) >= 11 is 0. The van der Waals surface area contributed by atoms with Crippen molar-refractivity contribution in [2.45, 2.75) is 26.2 Å². The van der Waals surface area contributed by atoms with Gasteiger partial charge < -0.3 is 15.2 Å². The van der Waals surface area contributed by atoms with Crippen LogP contribution in [0.2, 0.25) is 19.6 Å². The lowest BCUT2D eigenvalue weighted by Gasteiger charge is -2.17. The van der Waals surface area contributed by atoms with E-state index in [0.717, 1.165) is 23.1 Å². The van der Waals surface area contributed by atoms with E-state index in [1.165, 1.54) is 10.8 Å². The molecule has 7 heteroatoms. The highest BCUT2D eigenvalue weighted by Crippen LogP contribution is 2.17. The maximum atomic E-state index is 4.99. The van der Waals surface area contributed by atoms with E-state index in [9.17, 15) is 0 Å². The number of anilines is 2. The van der Waals surface area contributed by atoms with Gasteiger partial charge in [-0.3, -0.25) is 0 Å². The van der Waals surface area contributed by atoms with Gasteiger partial charge in [0.05, 0.1) is 13.6 Å². The average molecular weight is 364 g/mol. The molecule has 0 spiro atoms. The van der Waals surface area contributed by atoms with E-state index in [4.69, 9.17) is 4.65 Å². The number of rotatable bonds is 7. The molecule has 0 unspecified atom stereocenters. The van der Waals surface area contributed by atoms with E-state index >= 15 is 0 Å². The van der Waals surface area contributed by atoms with Gasteiger partial charge in [0.2, 0.25) is 5.95 Å². The first kappa shape index (κ1) is 18.6. The Morgan fingerprint density at radius 3 is 2.54 bits per heavy atom. The minimum Gasteiger partial charge on any atom is -0.427 e. The third-order valence-corrected chi connectivity index (χ3v) is 6.27. The normalized spacial score (nSPS) is 11.5. The maximum absolute atomic E-state index is 4.99. The highest BCUT2D eigenvalue weighted by molar-refractivity contribution is 6.88. The fraction of sp³-hybridized carbons (Fsp3) is 0.263. The minimum absolute atomic E-state index is 0.546. The van der Waals surface area contributed by atoms with Crippen LogP contribution in [-0.2, 0) is 11.2 Å². The van der Waals surface area contributed by atoms with Crippen molar-refractivity contribution in [3.05, 3.63) is 54.2 Å². The van der Waals surface area contributed by atoms with Crippen molar-refractivity contribution in [2.24, 2.45) is 0 Å².